The molecule has 110 valence electrons. The lowest BCUT2D eigenvalue weighted by Gasteiger charge is -2.19. The van der Waals surface area contributed by atoms with E-state index in [9.17, 15) is 4.39 Å². The maximum Gasteiger partial charge on any atom is 0.123 e. The molecular weight excluding hydrogens is 263 g/mol. The maximum atomic E-state index is 12.9. The summed E-state index contributed by atoms with van der Waals surface area (Å²) in [5, 5.41) is 3.47. The van der Waals surface area contributed by atoms with Crippen molar-refractivity contribution < 1.29 is 4.39 Å². The van der Waals surface area contributed by atoms with Gasteiger partial charge in [0, 0.05) is 24.7 Å². The van der Waals surface area contributed by atoms with Gasteiger partial charge in [-0.05, 0) is 49.3 Å². The van der Waals surface area contributed by atoms with E-state index < -0.39 is 0 Å². The highest BCUT2D eigenvalue weighted by Gasteiger charge is 2.21. The second kappa shape index (κ2) is 6.27. The molecule has 3 heteroatoms. The number of hydrogen-bond acceptors (Lipinski definition) is 2. The summed E-state index contributed by atoms with van der Waals surface area (Å²) in [5.74, 6) is 0.423. The molecular formula is C18H21FN2. The first kappa shape index (κ1) is 14.1. The first-order valence-corrected chi connectivity index (χ1v) is 7.48. The Morgan fingerprint density at radius 3 is 2.71 bits per heavy atom. The van der Waals surface area contributed by atoms with Crippen LogP contribution in [-0.2, 0) is 6.54 Å². The summed E-state index contributed by atoms with van der Waals surface area (Å²) in [6.07, 6.45) is 1.14. The molecule has 1 N–H and O–H groups in total. The Morgan fingerprint density at radius 1 is 1.14 bits per heavy atom. The largest absolute Gasteiger partial charge is 0.384 e. The fourth-order valence-electron chi connectivity index (χ4n) is 2.97. The van der Waals surface area contributed by atoms with E-state index in [0.717, 1.165) is 31.6 Å². The van der Waals surface area contributed by atoms with E-state index in [2.05, 4.69) is 41.5 Å². The Hall–Kier alpha value is -1.87. The predicted octanol–water partition coefficient (Wildman–Crippen LogP) is 3.86. The fraction of sp³-hybridized carbons (Fsp3) is 0.333. The lowest BCUT2D eigenvalue weighted by atomic mass is 9.98. The second-order valence-corrected chi connectivity index (χ2v) is 5.82. The number of nitrogens with one attached hydrogen (secondary N) is 1. The van der Waals surface area contributed by atoms with Crippen LogP contribution in [0.4, 0.5) is 10.1 Å². The van der Waals surface area contributed by atoms with E-state index in [1.807, 2.05) is 12.1 Å². The number of fused-ring (bicyclic) bond motifs is 1. The van der Waals surface area contributed by atoms with E-state index in [4.69, 9.17) is 0 Å². The van der Waals surface area contributed by atoms with Crippen molar-refractivity contribution in [1.29, 1.82) is 0 Å². The molecule has 0 bridgehead atoms. The molecule has 1 heterocycles. The molecule has 0 amide bonds. The van der Waals surface area contributed by atoms with Gasteiger partial charge in [-0.25, -0.2) is 4.39 Å². The van der Waals surface area contributed by atoms with Crippen LogP contribution in [0, 0.1) is 5.82 Å². The average molecular weight is 284 g/mol. The van der Waals surface area contributed by atoms with Crippen molar-refractivity contribution in [2.45, 2.75) is 18.9 Å². The monoisotopic (exact) mass is 284 g/mol. The predicted molar refractivity (Wildman–Crippen MR) is 85.0 cm³/mol. The summed E-state index contributed by atoms with van der Waals surface area (Å²) in [6.45, 7) is 2.93. The van der Waals surface area contributed by atoms with Crippen LogP contribution in [0.25, 0.3) is 0 Å². The highest BCUT2D eigenvalue weighted by atomic mass is 19.1. The SMILES string of the molecule is CN(CCC1CNc2ccccc21)Cc1ccc(F)cc1. The number of hydrogen-bond donors (Lipinski definition) is 1. The third-order valence-electron chi connectivity index (χ3n) is 4.16. The minimum absolute atomic E-state index is 0.171. The molecule has 1 atom stereocenters. The smallest absolute Gasteiger partial charge is 0.123 e. The van der Waals surface area contributed by atoms with Gasteiger partial charge >= 0.3 is 0 Å². The quantitative estimate of drug-likeness (QED) is 0.897. The van der Waals surface area contributed by atoms with Gasteiger partial charge in [0.1, 0.15) is 5.82 Å². The van der Waals surface area contributed by atoms with Crippen LogP contribution in [0.1, 0.15) is 23.5 Å². The Kier molecular flexibility index (Phi) is 4.20. The number of para-hydroxylation sites is 1. The van der Waals surface area contributed by atoms with Gasteiger partial charge in [0.2, 0.25) is 0 Å². The summed E-state index contributed by atoms with van der Waals surface area (Å²) in [7, 11) is 2.12. The van der Waals surface area contributed by atoms with E-state index in [1.54, 1.807) is 0 Å². The summed E-state index contributed by atoms with van der Waals surface area (Å²) < 4.78 is 12.9. The molecule has 0 fully saturated rings. The highest BCUT2D eigenvalue weighted by molar-refractivity contribution is 5.57. The van der Waals surface area contributed by atoms with Crippen LogP contribution < -0.4 is 5.32 Å². The fourth-order valence-corrected chi connectivity index (χ4v) is 2.97. The van der Waals surface area contributed by atoms with Gasteiger partial charge in [0.05, 0.1) is 0 Å². The summed E-state index contributed by atoms with van der Waals surface area (Å²) >= 11 is 0. The number of anilines is 1. The summed E-state index contributed by atoms with van der Waals surface area (Å²) in [6, 6.07) is 15.3. The van der Waals surface area contributed by atoms with Gasteiger partial charge in [-0.3, -0.25) is 0 Å². The van der Waals surface area contributed by atoms with Gasteiger partial charge in [0.25, 0.3) is 0 Å². The molecule has 1 unspecified atom stereocenters. The van der Waals surface area contributed by atoms with Crippen LogP contribution in [0.5, 0.6) is 0 Å². The summed E-state index contributed by atoms with van der Waals surface area (Å²) in [4.78, 5) is 2.30. The minimum atomic E-state index is -0.171. The lowest BCUT2D eigenvalue weighted by Crippen LogP contribution is -2.21. The Labute approximate surface area is 125 Å². The zero-order valence-corrected chi connectivity index (χ0v) is 12.3. The number of rotatable bonds is 5. The molecule has 0 saturated carbocycles. The minimum Gasteiger partial charge on any atom is -0.384 e. The molecule has 0 spiro atoms. The Morgan fingerprint density at radius 2 is 1.90 bits per heavy atom. The molecule has 0 aromatic heterocycles. The Balaban J connectivity index is 1.52. The van der Waals surface area contributed by atoms with Crippen molar-refractivity contribution in [3.8, 4) is 0 Å². The van der Waals surface area contributed by atoms with Crippen LogP contribution in [0.15, 0.2) is 48.5 Å². The van der Waals surface area contributed by atoms with Gasteiger partial charge in [0.15, 0.2) is 0 Å². The lowest BCUT2D eigenvalue weighted by molar-refractivity contribution is 0.313. The highest BCUT2D eigenvalue weighted by Crippen LogP contribution is 2.33. The molecule has 0 aliphatic carbocycles. The molecule has 0 radical (unpaired) electrons. The van der Waals surface area contributed by atoms with Crippen LogP contribution in [0.2, 0.25) is 0 Å². The van der Waals surface area contributed by atoms with Crippen LogP contribution in [-0.4, -0.2) is 25.0 Å². The third kappa shape index (κ3) is 3.42. The van der Waals surface area contributed by atoms with Gasteiger partial charge in [-0.1, -0.05) is 30.3 Å². The molecule has 2 nitrogen and oxygen atoms in total. The van der Waals surface area contributed by atoms with Crippen molar-refractivity contribution in [2.75, 3.05) is 25.5 Å². The van der Waals surface area contributed by atoms with E-state index >= 15 is 0 Å². The van der Waals surface area contributed by atoms with E-state index in [1.165, 1.54) is 23.4 Å². The molecule has 1 aliphatic rings. The zero-order chi connectivity index (χ0) is 14.7. The normalized spacial score (nSPS) is 16.8. The van der Waals surface area contributed by atoms with Crippen LogP contribution >= 0.6 is 0 Å². The third-order valence-corrected chi connectivity index (χ3v) is 4.16. The number of nitrogens with zero attached hydrogens (tertiary/aromatic N) is 1. The molecule has 2 aromatic carbocycles. The number of benzene rings is 2. The van der Waals surface area contributed by atoms with Gasteiger partial charge in [-0.2, -0.15) is 0 Å². The zero-order valence-electron chi connectivity index (χ0n) is 12.3. The van der Waals surface area contributed by atoms with Gasteiger partial charge < -0.3 is 10.2 Å². The van der Waals surface area contributed by atoms with Crippen molar-refractivity contribution in [2.24, 2.45) is 0 Å². The van der Waals surface area contributed by atoms with Crippen molar-refractivity contribution in [3.63, 3.8) is 0 Å². The molecule has 1 aliphatic heterocycles. The van der Waals surface area contributed by atoms with Crippen molar-refractivity contribution in [3.05, 3.63) is 65.5 Å². The van der Waals surface area contributed by atoms with E-state index in [0.29, 0.717) is 5.92 Å². The topological polar surface area (TPSA) is 15.3 Å². The standard InChI is InChI=1S/C18H21FN2/c1-21(13-14-6-8-16(19)9-7-14)11-10-15-12-20-18-5-3-2-4-17(15)18/h2-9,15,20H,10-13H2,1H3. The number of halogens is 1. The maximum absolute atomic E-state index is 12.9. The molecule has 2 aromatic rings. The second-order valence-electron chi connectivity index (χ2n) is 5.82. The van der Waals surface area contributed by atoms with Gasteiger partial charge in [-0.15, -0.1) is 0 Å². The van der Waals surface area contributed by atoms with Crippen LogP contribution in [0.3, 0.4) is 0 Å². The van der Waals surface area contributed by atoms with Crippen molar-refractivity contribution in [1.82, 2.24) is 4.90 Å². The first-order chi connectivity index (χ1) is 10.2. The molecule has 3 rings (SSSR count). The molecule has 0 saturated heterocycles. The Bertz CT molecular complexity index is 594. The molecule has 21 heavy (non-hydrogen) atoms. The van der Waals surface area contributed by atoms with E-state index in [-0.39, 0.29) is 5.82 Å². The first-order valence-electron chi connectivity index (χ1n) is 7.48. The average Bonchev–Trinajstić information content (AvgIpc) is 2.91. The van der Waals surface area contributed by atoms with Crippen molar-refractivity contribution >= 4 is 5.69 Å². The summed E-state index contributed by atoms with van der Waals surface area (Å²) in [5.41, 5.74) is 3.88.